The highest BCUT2D eigenvalue weighted by molar-refractivity contribution is 5.96. The van der Waals surface area contributed by atoms with Crippen LogP contribution in [-0.2, 0) is 9.53 Å². The summed E-state index contributed by atoms with van der Waals surface area (Å²) in [5, 5.41) is 0.895. The van der Waals surface area contributed by atoms with E-state index in [1.54, 1.807) is 0 Å². The number of furan rings is 1. The fourth-order valence-corrected chi connectivity index (χ4v) is 4.58. The Kier molecular flexibility index (Phi) is 4.70. The zero-order chi connectivity index (χ0) is 18.1. The molecule has 0 radical (unpaired) electrons. The molecule has 0 unspecified atom stereocenters. The van der Waals surface area contributed by atoms with Gasteiger partial charge in [0, 0.05) is 23.5 Å². The third-order valence-electron chi connectivity index (χ3n) is 5.92. The number of fused-ring (bicyclic) bond motifs is 2. The van der Waals surface area contributed by atoms with Crippen LogP contribution in [0.2, 0.25) is 0 Å². The summed E-state index contributed by atoms with van der Waals surface area (Å²) in [6, 6.07) is 7.83. The molecule has 1 aliphatic heterocycles. The SMILES string of the molecule is Cc1c(C(=O)OCC(=O)N2CCC[C@H]3CCCC[C@H]32)oc2ccccc12. The van der Waals surface area contributed by atoms with E-state index in [-0.39, 0.29) is 18.3 Å². The Labute approximate surface area is 153 Å². The maximum absolute atomic E-state index is 12.7. The van der Waals surface area contributed by atoms with Crippen molar-refractivity contribution in [2.75, 3.05) is 13.2 Å². The van der Waals surface area contributed by atoms with Gasteiger partial charge < -0.3 is 14.1 Å². The Morgan fingerprint density at radius 1 is 1.15 bits per heavy atom. The molecular formula is C21H25NO4. The molecule has 1 aromatic heterocycles. The summed E-state index contributed by atoms with van der Waals surface area (Å²) in [5.74, 6) is 0.163. The van der Waals surface area contributed by atoms with Gasteiger partial charge in [-0.05, 0) is 44.6 Å². The number of hydrogen-bond acceptors (Lipinski definition) is 4. The first-order chi connectivity index (χ1) is 12.6. The standard InChI is InChI=1S/C21H25NO4/c1-14-16-9-3-5-11-18(16)26-20(14)21(24)25-13-19(23)22-12-6-8-15-7-2-4-10-17(15)22/h3,5,9,11,15,17H,2,4,6-8,10,12-13H2,1H3/t15-,17-/m1/s1. The zero-order valence-electron chi connectivity index (χ0n) is 15.2. The lowest BCUT2D eigenvalue weighted by Crippen LogP contribution is -2.50. The highest BCUT2D eigenvalue weighted by atomic mass is 16.5. The first kappa shape index (κ1) is 17.1. The smallest absolute Gasteiger partial charge is 0.375 e. The molecule has 2 atom stereocenters. The molecule has 0 spiro atoms. The highest BCUT2D eigenvalue weighted by Crippen LogP contribution is 2.35. The molecule has 1 saturated carbocycles. The first-order valence-corrected chi connectivity index (χ1v) is 9.60. The van der Waals surface area contributed by atoms with Crippen LogP contribution in [0.4, 0.5) is 0 Å². The Morgan fingerprint density at radius 3 is 2.77 bits per heavy atom. The van der Waals surface area contributed by atoms with Crippen molar-refractivity contribution in [2.45, 2.75) is 51.5 Å². The van der Waals surface area contributed by atoms with Crippen molar-refractivity contribution in [1.29, 1.82) is 0 Å². The van der Waals surface area contributed by atoms with Crippen LogP contribution in [-0.4, -0.2) is 36.0 Å². The lowest BCUT2D eigenvalue weighted by atomic mass is 9.78. The van der Waals surface area contributed by atoms with Crippen LogP contribution in [0.25, 0.3) is 11.0 Å². The van der Waals surface area contributed by atoms with Gasteiger partial charge in [0.1, 0.15) is 5.58 Å². The van der Waals surface area contributed by atoms with E-state index >= 15 is 0 Å². The predicted molar refractivity (Wildman–Crippen MR) is 97.9 cm³/mol. The molecule has 4 rings (SSSR count). The van der Waals surface area contributed by atoms with E-state index in [2.05, 4.69) is 0 Å². The van der Waals surface area contributed by atoms with Crippen LogP contribution in [0.15, 0.2) is 28.7 Å². The number of nitrogens with zero attached hydrogens (tertiary/aromatic N) is 1. The number of ether oxygens (including phenoxy) is 1. The molecule has 1 amide bonds. The first-order valence-electron chi connectivity index (χ1n) is 9.60. The molecule has 0 N–H and O–H groups in total. The topological polar surface area (TPSA) is 59.8 Å². The van der Waals surface area contributed by atoms with Gasteiger partial charge in [-0.1, -0.05) is 31.0 Å². The second-order valence-corrected chi connectivity index (χ2v) is 7.47. The molecule has 0 bridgehead atoms. The predicted octanol–water partition coefficient (Wildman–Crippen LogP) is 4.08. The van der Waals surface area contributed by atoms with Gasteiger partial charge in [0.25, 0.3) is 5.91 Å². The Bertz CT molecular complexity index is 823. The molecular weight excluding hydrogens is 330 g/mol. The van der Waals surface area contributed by atoms with E-state index in [1.807, 2.05) is 36.1 Å². The summed E-state index contributed by atoms with van der Waals surface area (Å²) < 4.78 is 10.9. The summed E-state index contributed by atoms with van der Waals surface area (Å²) in [4.78, 5) is 27.0. The second-order valence-electron chi connectivity index (χ2n) is 7.47. The Balaban J connectivity index is 1.42. The molecule has 5 nitrogen and oxygen atoms in total. The van der Waals surface area contributed by atoms with Crippen LogP contribution in [0, 0.1) is 12.8 Å². The number of piperidine rings is 1. The number of amides is 1. The van der Waals surface area contributed by atoms with Crippen molar-refractivity contribution in [1.82, 2.24) is 4.90 Å². The molecule has 2 aromatic rings. The quantitative estimate of drug-likeness (QED) is 0.779. The second kappa shape index (κ2) is 7.14. The largest absolute Gasteiger partial charge is 0.450 e. The number of likely N-dealkylation sites (tertiary alicyclic amines) is 1. The highest BCUT2D eigenvalue weighted by Gasteiger charge is 2.36. The average Bonchev–Trinajstić information content (AvgIpc) is 3.02. The zero-order valence-corrected chi connectivity index (χ0v) is 15.2. The van der Waals surface area contributed by atoms with E-state index in [4.69, 9.17) is 9.15 Å². The fourth-order valence-electron chi connectivity index (χ4n) is 4.58. The van der Waals surface area contributed by atoms with Gasteiger partial charge in [0.15, 0.2) is 6.61 Å². The maximum atomic E-state index is 12.7. The molecule has 1 saturated heterocycles. The van der Waals surface area contributed by atoms with Gasteiger partial charge in [0.2, 0.25) is 5.76 Å². The lowest BCUT2D eigenvalue weighted by Gasteiger charge is -2.44. The Morgan fingerprint density at radius 2 is 1.92 bits per heavy atom. The third-order valence-corrected chi connectivity index (χ3v) is 5.92. The number of rotatable bonds is 3. The number of hydrogen-bond donors (Lipinski definition) is 0. The van der Waals surface area contributed by atoms with Crippen molar-refractivity contribution in [3.05, 3.63) is 35.6 Å². The van der Waals surface area contributed by atoms with Gasteiger partial charge in [-0.3, -0.25) is 4.79 Å². The minimum Gasteiger partial charge on any atom is -0.450 e. The molecule has 26 heavy (non-hydrogen) atoms. The van der Waals surface area contributed by atoms with E-state index < -0.39 is 5.97 Å². The monoisotopic (exact) mass is 355 g/mol. The number of carbonyl (C=O) groups is 2. The molecule has 2 aliphatic rings. The van der Waals surface area contributed by atoms with Crippen LogP contribution in [0.1, 0.15) is 54.6 Å². The van der Waals surface area contributed by atoms with Crippen molar-refractivity contribution in [2.24, 2.45) is 5.92 Å². The van der Waals surface area contributed by atoms with Gasteiger partial charge in [0.05, 0.1) is 0 Å². The fraction of sp³-hybridized carbons (Fsp3) is 0.524. The third kappa shape index (κ3) is 3.11. The minimum atomic E-state index is -0.566. The van der Waals surface area contributed by atoms with Crippen LogP contribution in [0.5, 0.6) is 0 Å². The molecule has 1 aromatic carbocycles. The molecule has 1 aliphatic carbocycles. The number of para-hydroxylation sites is 1. The Hall–Kier alpha value is -2.30. The maximum Gasteiger partial charge on any atom is 0.375 e. The van der Waals surface area contributed by atoms with Gasteiger partial charge in [-0.15, -0.1) is 0 Å². The normalized spacial score (nSPS) is 22.9. The molecule has 138 valence electrons. The van der Waals surface area contributed by atoms with Crippen molar-refractivity contribution >= 4 is 22.8 Å². The summed E-state index contributed by atoms with van der Waals surface area (Å²) in [6.07, 6.45) is 7.00. The number of benzene rings is 1. The number of aryl methyl sites for hydroxylation is 1. The van der Waals surface area contributed by atoms with Crippen LogP contribution < -0.4 is 0 Å². The van der Waals surface area contributed by atoms with Gasteiger partial charge in [-0.2, -0.15) is 0 Å². The number of esters is 1. The summed E-state index contributed by atoms with van der Waals surface area (Å²) >= 11 is 0. The van der Waals surface area contributed by atoms with Crippen molar-refractivity contribution < 1.29 is 18.7 Å². The van der Waals surface area contributed by atoms with E-state index in [9.17, 15) is 9.59 Å². The number of carbonyl (C=O) groups excluding carboxylic acids is 2. The van der Waals surface area contributed by atoms with E-state index in [1.165, 1.54) is 25.7 Å². The van der Waals surface area contributed by atoms with Crippen LogP contribution in [0.3, 0.4) is 0 Å². The molecule has 2 heterocycles. The van der Waals surface area contributed by atoms with Gasteiger partial charge in [-0.25, -0.2) is 4.79 Å². The van der Waals surface area contributed by atoms with Crippen LogP contribution >= 0.6 is 0 Å². The summed E-state index contributed by atoms with van der Waals surface area (Å²) in [6.45, 7) is 2.40. The minimum absolute atomic E-state index is 0.0799. The van der Waals surface area contributed by atoms with Crippen molar-refractivity contribution in [3.8, 4) is 0 Å². The summed E-state index contributed by atoms with van der Waals surface area (Å²) in [5.41, 5.74) is 1.41. The molecule has 2 fully saturated rings. The van der Waals surface area contributed by atoms with E-state index in [0.29, 0.717) is 17.5 Å². The van der Waals surface area contributed by atoms with Crippen molar-refractivity contribution in [3.63, 3.8) is 0 Å². The lowest BCUT2D eigenvalue weighted by molar-refractivity contribution is -0.140. The average molecular weight is 355 g/mol. The molecule has 5 heteroatoms. The summed E-state index contributed by atoms with van der Waals surface area (Å²) in [7, 11) is 0. The van der Waals surface area contributed by atoms with E-state index in [0.717, 1.165) is 30.3 Å². The van der Waals surface area contributed by atoms with Gasteiger partial charge >= 0.3 is 5.97 Å².